The van der Waals surface area contributed by atoms with Gasteiger partial charge in [-0.15, -0.1) is 0 Å². The lowest BCUT2D eigenvalue weighted by atomic mass is 9.94. The summed E-state index contributed by atoms with van der Waals surface area (Å²) in [5, 5.41) is 9.27. The van der Waals surface area contributed by atoms with E-state index in [1.165, 1.54) is 0 Å². The minimum Gasteiger partial charge on any atom is -0.497 e. The Hall–Kier alpha value is -2.47. The first kappa shape index (κ1) is 12.0. The maximum absolute atomic E-state index is 9.27. The van der Waals surface area contributed by atoms with E-state index in [-0.39, 0.29) is 0 Å². The Balaban J connectivity index is 2.72. The number of nitriles is 1. The molecule has 0 saturated heterocycles. The minimum atomic E-state index is 0.574. The molecule has 2 rings (SSSR count). The van der Waals surface area contributed by atoms with Crippen LogP contribution in [0, 0.1) is 18.3 Å². The third-order valence-corrected chi connectivity index (χ3v) is 2.90. The van der Waals surface area contributed by atoms with Gasteiger partial charge in [0.1, 0.15) is 5.75 Å². The first-order valence-electron chi connectivity index (χ1n) is 5.61. The van der Waals surface area contributed by atoms with Crippen molar-refractivity contribution < 1.29 is 4.74 Å². The van der Waals surface area contributed by atoms with E-state index in [9.17, 15) is 5.26 Å². The van der Waals surface area contributed by atoms with Crippen LogP contribution in [-0.4, -0.2) is 7.11 Å². The van der Waals surface area contributed by atoms with Crippen molar-refractivity contribution >= 4 is 5.69 Å². The molecule has 3 heteroatoms. The van der Waals surface area contributed by atoms with Crippen LogP contribution in [0.1, 0.15) is 11.1 Å². The lowest BCUT2D eigenvalue weighted by Gasteiger charge is -2.12. The Labute approximate surface area is 106 Å². The van der Waals surface area contributed by atoms with Gasteiger partial charge in [0.05, 0.1) is 18.7 Å². The molecule has 0 amide bonds. The lowest BCUT2D eigenvalue weighted by molar-refractivity contribution is 0.414. The number of aryl methyl sites for hydroxylation is 1. The van der Waals surface area contributed by atoms with E-state index >= 15 is 0 Å². The molecular formula is C15H14N2O. The van der Waals surface area contributed by atoms with Crippen LogP contribution in [0.4, 0.5) is 5.69 Å². The van der Waals surface area contributed by atoms with E-state index in [0.29, 0.717) is 17.0 Å². The van der Waals surface area contributed by atoms with Crippen LogP contribution in [0.5, 0.6) is 5.75 Å². The third-order valence-electron chi connectivity index (χ3n) is 2.90. The summed E-state index contributed by atoms with van der Waals surface area (Å²) in [5.74, 6) is 0.683. The Bertz CT molecular complexity index is 627. The molecule has 0 saturated carbocycles. The van der Waals surface area contributed by atoms with Crippen molar-refractivity contribution in [3.63, 3.8) is 0 Å². The van der Waals surface area contributed by atoms with Crippen LogP contribution in [0.15, 0.2) is 36.4 Å². The highest BCUT2D eigenvalue weighted by Crippen LogP contribution is 2.34. The molecule has 0 aliphatic rings. The molecule has 2 aromatic carbocycles. The van der Waals surface area contributed by atoms with Crippen LogP contribution in [0.2, 0.25) is 0 Å². The minimum absolute atomic E-state index is 0.574. The van der Waals surface area contributed by atoms with Crippen LogP contribution in [0.25, 0.3) is 11.1 Å². The smallest absolute Gasteiger partial charge is 0.120 e. The Morgan fingerprint density at radius 1 is 1.22 bits per heavy atom. The van der Waals surface area contributed by atoms with Gasteiger partial charge in [-0.2, -0.15) is 5.26 Å². The van der Waals surface area contributed by atoms with Crippen molar-refractivity contribution in [3.8, 4) is 22.9 Å². The topological polar surface area (TPSA) is 59.0 Å². The van der Waals surface area contributed by atoms with Crippen molar-refractivity contribution in [2.45, 2.75) is 6.92 Å². The number of hydrogen-bond donors (Lipinski definition) is 1. The highest BCUT2D eigenvalue weighted by molar-refractivity contribution is 5.83. The summed E-state index contributed by atoms with van der Waals surface area (Å²) < 4.78 is 5.18. The largest absolute Gasteiger partial charge is 0.497 e. The van der Waals surface area contributed by atoms with Gasteiger partial charge in [0.15, 0.2) is 0 Å². The predicted molar refractivity (Wildman–Crippen MR) is 72.3 cm³/mol. The highest BCUT2D eigenvalue weighted by atomic mass is 16.5. The molecule has 0 heterocycles. The number of hydrogen-bond acceptors (Lipinski definition) is 3. The Morgan fingerprint density at radius 3 is 2.56 bits per heavy atom. The van der Waals surface area contributed by atoms with E-state index in [1.54, 1.807) is 13.2 Å². The van der Waals surface area contributed by atoms with E-state index < -0.39 is 0 Å². The average molecular weight is 238 g/mol. The fraction of sp³-hybridized carbons (Fsp3) is 0.133. The molecule has 2 N–H and O–H groups in total. The Morgan fingerprint density at radius 2 is 1.94 bits per heavy atom. The summed E-state index contributed by atoms with van der Waals surface area (Å²) in [5.41, 5.74) is 9.95. The predicted octanol–water partition coefficient (Wildman–Crippen LogP) is 3.12. The van der Waals surface area contributed by atoms with E-state index in [2.05, 4.69) is 6.07 Å². The number of anilines is 1. The first-order chi connectivity index (χ1) is 8.67. The molecule has 0 fully saturated rings. The van der Waals surface area contributed by atoms with Gasteiger partial charge in [-0.1, -0.05) is 18.2 Å². The molecule has 0 atom stereocenters. The zero-order valence-electron chi connectivity index (χ0n) is 10.4. The molecule has 3 nitrogen and oxygen atoms in total. The van der Waals surface area contributed by atoms with E-state index in [4.69, 9.17) is 10.5 Å². The third kappa shape index (κ3) is 2.01. The van der Waals surface area contributed by atoms with E-state index in [0.717, 1.165) is 16.7 Å². The van der Waals surface area contributed by atoms with Gasteiger partial charge in [-0.3, -0.25) is 0 Å². The number of methoxy groups -OCH3 is 1. The van der Waals surface area contributed by atoms with Gasteiger partial charge in [0.2, 0.25) is 0 Å². The first-order valence-corrected chi connectivity index (χ1v) is 5.61. The molecule has 0 spiro atoms. The number of benzene rings is 2. The number of rotatable bonds is 2. The summed E-state index contributed by atoms with van der Waals surface area (Å²) in [7, 11) is 1.59. The summed E-state index contributed by atoms with van der Waals surface area (Å²) >= 11 is 0. The second kappa shape index (κ2) is 4.80. The number of nitrogens with two attached hydrogens (primary N) is 1. The fourth-order valence-electron chi connectivity index (χ4n) is 2.04. The molecule has 0 unspecified atom stereocenters. The molecular weight excluding hydrogens is 224 g/mol. The maximum atomic E-state index is 9.27. The van der Waals surface area contributed by atoms with Crippen LogP contribution < -0.4 is 10.5 Å². The van der Waals surface area contributed by atoms with Gasteiger partial charge in [-0.05, 0) is 30.7 Å². The zero-order valence-corrected chi connectivity index (χ0v) is 10.4. The van der Waals surface area contributed by atoms with Crippen molar-refractivity contribution in [3.05, 3.63) is 47.5 Å². The van der Waals surface area contributed by atoms with Gasteiger partial charge in [0, 0.05) is 16.8 Å². The molecule has 90 valence electrons. The van der Waals surface area contributed by atoms with Crippen LogP contribution in [0.3, 0.4) is 0 Å². The standard InChI is InChI=1S/C15H14N2O/c1-10-7-12(18-2)8-11(9-16)15(10)13-5-3-4-6-14(13)17/h3-8H,17H2,1-2H3. The molecule has 0 aromatic heterocycles. The van der Waals surface area contributed by atoms with Crippen molar-refractivity contribution in [2.75, 3.05) is 12.8 Å². The molecule has 0 aliphatic carbocycles. The van der Waals surface area contributed by atoms with Crippen molar-refractivity contribution in [1.29, 1.82) is 5.26 Å². The normalized spacial score (nSPS) is 9.83. The zero-order chi connectivity index (χ0) is 13.1. The molecule has 0 radical (unpaired) electrons. The van der Waals surface area contributed by atoms with Gasteiger partial charge in [0.25, 0.3) is 0 Å². The summed E-state index contributed by atoms with van der Waals surface area (Å²) in [4.78, 5) is 0. The van der Waals surface area contributed by atoms with Gasteiger partial charge < -0.3 is 10.5 Å². The fourth-order valence-corrected chi connectivity index (χ4v) is 2.04. The summed E-state index contributed by atoms with van der Waals surface area (Å²) in [6.07, 6.45) is 0. The van der Waals surface area contributed by atoms with Crippen molar-refractivity contribution in [1.82, 2.24) is 0 Å². The molecule has 0 aliphatic heterocycles. The second-order valence-electron chi connectivity index (χ2n) is 4.07. The molecule has 0 bridgehead atoms. The lowest BCUT2D eigenvalue weighted by Crippen LogP contribution is -1.96. The average Bonchev–Trinajstić information content (AvgIpc) is 2.39. The summed E-state index contributed by atoms with van der Waals surface area (Å²) in [6.45, 7) is 1.95. The second-order valence-corrected chi connectivity index (χ2v) is 4.07. The number of para-hydroxylation sites is 1. The van der Waals surface area contributed by atoms with Crippen LogP contribution >= 0.6 is 0 Å². The number of nitrogens with zero attached hydrogens (tertiary/aromatic N) is 1. The number of ether oxygens (including phenoxy) is 1. The molecule has 2 aromatic rings. The number of nitrogen functional groups attached to an aromatic ring is 1. The highest BCUT2D eigenvalue weighted by Gasteiger charge is 2.12. The van der Waals surface area contributed by atoms with E-state index in [1.807, 2.05) is 37.3 Å². The van der Waals surface area contributed by atoms with Crippen molar-refractivity contribution in [2.24, 2.45) is 0 Å². The van der Waals surface area contributed by atoms with Crippen LogP contribution in [-0.2, 0) is 0 Å². The maximum Gasteiger partial charge on any atom is 0.120 e. The SMILES string of the molecule is COc1cc(C)c(-c2ccccc2N)c(C#N)c1. The monoisotopic (exact) mass is 238 g/mol. The quantitative estimate of drug-likeness (QED) is 0.818. The van der Waals surface area contributed by atoms with Gasteiger partial charge in [-0.25, -0.2) is 0 Å². The summed E-state index contributed by atoms with van der Waals surface area (Å²) in [6, 6.07) is 13.4. The molecule has 18 heavy (non-hydrogen) atoms. The Kier molecular flexibility index (Phi) is 3.20. The van der Waals surface area contributed by atoms with Gasteiger partial charge >= 0.3 is 0 Å².